The number of halogens is 4. The first-order valence-electron chi connectivity index (χ1n) is 8.16. The number of guanidine groups is 1. The summed E-state index contributed by atoms with van der Waals surface area (Å²) in [6.07, 6.45) is -2.87. The van der Waals surface area contributed by atoms with Gasteiger partial charge in [0.2, 0.25) is 0 Å². The standard InChI is InChI=1S/C17H26F4N4/c1-13-11-15(18)6-5-14(13)7-9-24-16(22-2)23-8-4-10-25(3)12-17(19,20)21/h5-6,11H,4,7-10,12H2,1-3H3,(H2,22,23,24). The molecule has 0 aliphatic heterocycles. The normalized spacial score (nSPS) is 12.6. The average molecular weight is 362 g/mol. The molecule has 2 N–H and O–H groups in total. The zero-order chi connectivity index (χ0) is 18.9. The molecule has 0 bridgehead atoms. The van der Waals surface area contributed by atoms with Gasteiger partial charge in [0.05, 0.1) is 6.54 Å². The van der Waals surface area contributed by atoms with Crippen LogP contribution in [0.3, 0.4) is 0 Å². The molecule has 0 saturated carbocycles. The molecule has 0 radical (unpaired) electrons. The van der Waals surface area contributed by atoms with E-state index in [4.69, 9.17) is 0 Å². The highest BCUT2D eigenvalue weighted by Gasteiger charge is 2.28. The third-order valence-corrected chi connectivity index (χ3v) is 3.67. The number of nitrogens with one attached hydrogen (secondary N) is 2. The molecule has 0 fully saturated rings. The Balaban J connectivity index is 2.24. The fourth-order valence-electron chi connectivity index (χ4n) is 2.42. The second-order valence-electron chi connectivity index (χ2n) is 5.95. The van der Waals surface area contributed by atoms with E-state index in [-0.39, 0.29) is 5.82 Å². The summed E-state index contributed by atoms with van der Waals surface area (Å²) >= 11 is 0. The Kier molecular flexibility index (Phi) is 8.68. The molecule has 1 aromatic rings. The average Bonchev–Trinajstić information content (AvgIpc) is 2.49. The van der Waals surface area contributed by atoms with Gasteiger partial charge >= 0.3 is 6.18 Å². The summed E-state index contributed by atoms with van der Waals surface area (Å²) in [6.45, 7) is 2.45. The monoisotopic (exact) mass is 362 g/mol. The van der Waals surface area contributed by atoms with Crippen LogP contribution in [0.4, 0.5) is 17.6 Å². The number of hydrogen-bond acceptors (Lipinski definition) is 2. The Morgan fingerprint density at radius 3 is 2.48 bits per heavy atom. The quantitative estimate of drug-likeness (QED) is 0.323. The summed E-state index contributed by atoms with van der Waals surface area (Å²) in [6, 6.07) is 4.70. The minimum absolute atomic E-state index is 0.248. The van der Waals surface area contributed by atoms with Gasteiger partial charge in [-0.2, -0.15) is 13.2 Å². The van der Waals surface area contributed by atoms with Crippen molar-refractivity contribution in [1.29, 1.82) is 0 Å². The SMILES string of the molecule is CN=C(NCCCN(C)CC(F)(F)F)NCCc1ccc(F)cc1C. The molecule has 1 aromatic carbocycles. The molecule has 0 unspecified atom stereocenters. The maximum atomic E-state index is 13.1. The fourth-order valence-corrected chi connectivity index (χ4v) is 2.42. The number of hydrogen-bond donors (Lipinski definition) is 2. The molecule has 0 aliphatic rings. The maximum Gasteiger partial charge on any atom is 0.401 e. The first-order chi connectivity index (χ1) is 11.7. The van der Waals surface area contributed by atoms with E-state index in [1.165, 1.54) is 24.1 Å². The number of rotatable bonds is 8. The number of nitrogens with zero attached hydrogens (tertiary/aromatic N) is 2. The largest absolute Gasteiger partial charge is 0.401 e. The van der Waals surface area contributed by atoms with Crippen molar-refractivity contribution >= 4 is 5.96 Å². The van der Waals surface area contributed by atoms with Crippen LogP contribution in [0.1, 0.15) is 17.5 Å². The molecular weight excluding hydrogens is 336 g/mol. The minimum Gasteiger partial charge on any atom is -0.356 e. The third-order valence-electron chi connectivity index (χ3n) is 3.67. The Hall–Kier alpha value is -1.83. The summed E-state index contributed by atoms with van der Waals surface area (Å²) in [7, 11) is 3.08. The summed E-state index contributed by atoms with van der Waals surface area (Å²) in [4.78, 5) is 5.32. The summed E-state index contributed by atoms with van der Waals surface area (Å²) in [5, 5.41) is 6.21. The van der Waals surface area contributed by atoms with Crippen LogP contribution in [-0.4, -0.2) is 57.3 Å². The molecule has 0 heterocycles. The molecule has 0 amide bonds. The van der Waals surface area contributed by atoms with E-state index in [0.717, 1.165) is 17.5 Å². The predicted octanol–water partition coefficient (Wildman–Crippen LogP) is 2.73. The van der Waals surface area contributed by atoms with E-state index in [1.54, 1.807) is 13.1 Å². The molecule has 1 rings (SSSR count). The van der Waals surface area contributed by atoms with Gasteiger partial charge in [0.1, 0.15) is 5.82 Å². The summed E-state index contributed by atoms with van der Waals surface area (Å²) in [5.74, 6) is 0.348. The smallest absolute Gasteiger partial charge is 0.356 e. The number of aryl methyl sites for hydroxylation is 1. The molecule has 142 valence electrons. The van der Waals surface area contributed by atoms with Crippen LogP contribution in [0.2, 0.25) is 0 Å². The van der Waals surface area contributed by atoms with Crippen molar-refractivity contribution in [1.82, 2.24) is 15.5 Å². The molecule has 0 aromatic heterocycles. The van der Waals surface area contributed by atoms with Crippen molar-refractivity contribution in [3.63, 3.8) is 0 Å². The minimum atomic E-state index is -4.17. The zero-order valence-corrected chi connectivity index (χ0v) is 14.9. The molecule has 0 spiro atoms. The van der Waals surface area contributed by atoms with E-state index in [9.17, 15) is 17.6 Å². The van der Waals surface area contributed by atoms with Gasteiger partial charge in [0, 0.05) is 20.1 Å². The highest BCUT2D eigenvalue weighted by molar-refractivity contribution is 5.79. The second-order valence-corrected chi connectivity index (χ2v) is 5.95. The van der Waals surface area contributed by atoms with Gasteiger partial charge in [-0.15, -0.1) is 0 Å². The lowest BCUT2D eigenvalue weighted by atomic mass is 10.1. The van der Waals surface area contributed by atoms with Gasteiger partial charge < -0.3 is 10.6 Å². The molecule has 8 heteroatoms. The van der Waals surface area contributed by atoms with Gasteiger partial charge in [0.25, 0.3) is 0 Å². The van der Waals surface area contributed by atoms with Crippen LogP contribution in [0.5, 0.6) is 0 Å². The molecule has 0 aliphatic carbocycles. The number of alkyl halides is 3. The molecule has 25 heavy (non-hydrogen) atoms. The van der Waals surface area contributed by atoms with Gasteiger partial charge in [-0.05, 0) is 56.6 Å². The van der Waals surface area contributed by atoms with Crippen molar-refractivity contribution in [3.05, 3.63) is 35.1 Å². The topological polar surface area (TPSA) is 39.7 Å². The second kappa shape index (κ2) is 10.2. The van der Waals surface area contributed by atoms with Crippen LogP contribution in [0, 0.1) is 12.7 Å². The maximum absolute atomic E-state index is 13.1. The molecule has 0 saturated heterocycles. The van der Waals surface area contributed by atoms with Gasteiger partial charge in [-0.25, -0.2) is 4.39 Å². The van der Waals surface area contributed by atoms with Crippen molar-refractivity contribution in [2.75, 3.05) is 40.3 Å². The van der Waals surface area contributed by atoms with Gasteiger partial charge in [-0.3, -0.25) is 9.89 Å². The lowest BCUT2D eigenvalue weighted by molar-refractivity contribution is -0.143. The van der Waals surface area contributed by atoms with Crippen molar-refractivity contribution in [2.45, 2.75) is 25.9 Å². The van der Waals surface area contributed by atoms with E-state index < -0.39 is 12.7 Å². The van der Waals surface area contributed by atoms with Gasteiger partial charge in [0.15, 0.2) is 5.96 Å². The van der Waals surface area contributed by atoms with E-state index >= 15 is 0 Å². The summed E-state index contributed by atoms with van der Waals surface area (Å²) in [5.41, 5.74) is 1.95. The van der Waals surface area contributed by atoms with Gasteiger partial charge in [-0.1, -0.05) is 6.07 Å². The fraction of sp³-hybridized carbons (Fsp3) is 0.588. The zero-order valence-electron chi connectivity index (χ0n) is 14.9. The number of benzene rings is 1. The summed E-state index contributed by atoms with van der Waals surface area (Å²) < 4.78 is 49.7. The van der Waals surface area contributed by atoms with Crippen LogP contribution in [-0.2, 0) is 6.42 Å². The highest BCUT2D eigenvalue weighted by atomic mass is 19.4. The van der Waals surface area contributed by atoms with Crippen LogP contribution in [0.25, 0.3) is 0 Å². The van der Waals surface area contributed by atoms with E-state index in [2.05, 4.69) is 15.6 Å². The Morgan fingerprint density at radius 2 is 1.88 bits per heavy atom. The van der Waals surface area contributed by atoms with Crippen molar-refractivity contribution < 1.29 is 17.6 Å². The van der Waals surface area contributed by atoms with Crippen LogP contribution in [0.15, 0.2) is 23.2 Å². The molecule has 0 atom stereocenters. The van der Waals surface area contributed by atoms with Crippen molar-refractivity contribution in [2.24, 2.45) is 4.99 Å². The Labute approximate surface area is 146 Å². The predicted molar refractivity (Wildman–Crippen MR) is 92.4 cm³/mol. The van der Waals surface area contributed by atoms with E-state index in [1.807, 2.05) is 6.92 Å². The Bertz CT molecular complexity index is 558. The first-order valence-corrected chi connectivity index (χ1v) is 8.16. The van der Waals surface area contributed by atoms with Crippen LogP contribution >= 0.6 is 0 Å². The molecular formula is C17H26F4N4. The third kappa shape index (κ3) is 9.28. The highest BCUT2D eigenvalue weighted by Crippen LogP contribution is 2.15. The number of aliphatic imine (C=N–C) groups is 1. The van der Waals surface area contributed by atoms with Crippen LogP contribution < -0.4 is 10.6 Å². The lowest BCUT2D eigenvalue weighted by Gasteiger charge is -2.19. The molecule has 4 nitrogen and oxygen atoms in total. The van der Waals surface area contributed by atoms with Crippen molar-refractivity contribution in [3.8, 4) is 0 Å². The lowest BCUT2D eigenvalue weighted by Crippen LogP contribution is -2.40. The first kappa shape index (κ1) is 21.2. The van der Waals surface area contributed by atoms with E-state index in [0.29, 0.717) is 32.0 Å². The Morgan fingerprint density at radius 1 is 1.20 bits per heavy atom.